The molecule has 25 heavy (non-hydrogen) atoms. The van der Waals surface area contributed by atoms with Crippen LogP contribution < -0.4 is 10.5 Å². The lowest BCUT2D eigenvalue weighted by Gasteiger charge is -2.06. The summed E-state index contributed by atoms with van der Waals surface area (Å²) in [6, 6.07) is 10.1. The molecule has 0 bridgehead atoms. The maximum atomic E-state index is 12.2. The van der Waals surface area contributed by atoms with E-state index in [1.165, 1.54) is 23.5 Å². The van der Waals surface area contributed by atoms with E-state index in [0.717, 1.165) is 29.9 Å². The van der Waals surface area contributed by atoms with Gasteiger partial charge in [-0.2, -0.15) is 0 Å². The number of benzene rings is 1. The highest BCUT2D eigenvalue weighted by Crippen LogP contribution is 2.33. The topological polar surface area (TPSA) is 98.5 Å². The molecule has 0 spiro atoms. The summed E-state index contributed by atoms with van der Waals surface area (Å²) in [7, 11) is -3.67. The van der Waals surface area contributed by atoms with E-state index in [1.54, 1.807) is 12.1 Å². The van der Waals surface area contributed by atoms with E-state index in [-0.39, 0.29) is 16.9 Å². The number of nitrogens with two attached hydrogens (primary N) is 1. The second-order valence-corrected chi connectivity index (χ2v) is 8.58. The fraction of sp³-hybridized carbons (Fsp3) is 0.353. The molecule has 1 aliphatic heterocycles. The van der Waals surface area contributed by atoms with Gasteiger partial charge in [0.15, 0.2) is 0 Å². The van der Waals surface area contributed by atoms with Crippen LogP contribution in [0.15, 0.2) is 41.3 Å². The van der Waals surface area contributed by atoms with Crippen molar-refractivity contribution in [3.8, 4) is 0 Å². The summed E-state index contributed by atoms with van der Waals surface area (Å²) >= 11 is 1.47. The molecule has 6 nitrogen and oxygen atoms in total. The van der Waals surface area contributed by atoms with E-state index in [1.807, 2.05) is 12.1 Å². The minimum absolute atomic E-state index is 0.0838. The number of carbonyl (C=O) groups excluding carboxylic acids is 1. The van der Waals surface area contributed by atoms with Crippen LogP contribution in [0.2, 0.25) is 0 Å². The molecule has 0 radical (unpaired) electrons. The number of thiophene rings is 1. The van der Waals surface area contributed by atoms with Crippen LogP contribution >= 0.6 is 11.3 Å². The molecule has 1 aromatic heterocycles. The highest BCUT2D eigenvalue weighted by molar-refractivity contribution is 7.89. The number of amides is 1. The van der Waals surface area contributed by atoms with E-state index in [4.69, 9.17) is 9.88 Å². The maximum absolute atomic E-state index is 12.2. The zero-order valence-electron chi connectivity index (χ0n) is 13.6. The van der Waals surface area contributed by atoms with Gasteiger partial charge in [0, 0.05) is 18.0 Å². The van der Waals surface area contributed by atoms with Gasteiger partial charge >= 0.3 is 0 Å². The largest absolute Gasteiger partial charge is 0.373 e. The molecule has 134 valence electrons. The van der Waals surface area contributed by atoms with Crippen LogP contribution in [-0.2, 0) is 21.2 Å². The van der Waals surface area contributed by atoms with Gasteiger partial charge in [0.25, 0.3) is 5.91 Å². The average molecular weight is 380 g/mol. The first-order chi connectivity index (χ1) is 11.9. The molecule has 0 aliphatic carbocycles. The lowest BCUT2D eigenvalue weighted by molar-refractivity contribution is 0.0958. The Hall–Kier alpha value is -1.74. The summed E-state index contributed by atoms with van der Waals surface area (Å²) in [6.45, 7) is 1.26. The highest BCUT2D eigenvalue weighted by atomic mass is 32.2. The number of primary sulfonamides is 1. The second kappa shape index (κ2) is 7.65. The monoisotopic (exact) mass is 380 g/mol. The van der Waals surface area contributed by atoms with Gasteiger partial charge in [-0.1, -0.05) is 12.1 Å². The van der Waals surface area contributed by atoms with Crippen molar-refractivity contribution in [1.82, 2.24) is 5.32 Å². The predicted molar refractivity (Wildman–Crippen MR) is 96.1 cm³/mol. The van der Waals surface area contributed by atoms with Gasteiger partial charge in [-0.3, -0.25) is 4.79 Å². The van der Waals surface area contributed by atoms with Crippen molar-refractivity contribution in [3.05, 3.63) is 51.7 Å². The van der Waals surface area contributed by atoms with Gasteiger partial charge in [-0.15, -0.1) is 11.3 Å². The first-order valence-electron chi connectivity index (χ1n) is 8.05. The Morgan fingerprint density at radius 1 is 1.24 bits per heavy atom. The van der Waals surface area contributed by atoms with Crippen molar-refractivity contribution < 1.29 is 17.9 Å². The van der Waals surface area contributed by atoms with Gasteiger partial charge in [0.1, 0.15) is 0 Å². The Morgan fingerprint density at radius 3 is 2.64 bits per heavy atom. The summed E-state index contributed by atoms with van der Waals surface area (Å²) in [5, 5.41) is 7.95. The molecule has 1 saturated heterocycles. The van der Waals surface area contributed by atoms with E-state index in [2.05, 4.69) is 5.32 Å². The number of hydrogen-bond acceptors (Lipinski definition) is 5. The molecule has 3 rings (SSSR count). The van der Waals surface area contributed by atoms with Crippen LogP contribution in [0.4, 0.5) is 0 Å². The Balaban J connectivity index is 1.51. The van der Waals surface area contributed by atoms with Gasteiger partial charge in [-0.05, 0) is 49.1 Å². The lowest BCUT2D eigenvalue weighted by atomic mass is 10.1. The number of carbonyl (C=O) groups is 1. The van der Waals surface area contributed by atoms with Crippen molar-refractivity contribution in [3.63, 3.8) is 0 Å². The van der Waals surface area contributed by atoms with Gasteiger partial charge in [0.05, 0.1) is 15.9 Å². The zero-order valence-corrected chi connectivity index (χ0v) is 15.2. The van der Waals surface area contributed by atoms with Gasteiger partial charge in [-0.25, -0.2) is 13.6 Å². The number of hydrogen-bond donors (Lipinski definition) is 2. The van der Waals surface area contributed by atoms with Crippen LogP contribution in [0.5, 0.6) is 0 Å². The number of rotatable bonds is 6. The van der Waals surface area contributed by atoms with Gasteiger partial charge in [0.2, 0.25) is 10.0 Å². The molecule has 8 heteroatoms. The van der Waals surface area contributed by atoms with Crippen LogP contribution in [0.1, 0.15) is 39.1 Å². The van der Waals surface area contributed by atoms with Crippen LogP contribution in [0.25, 0.3) is 0 Å². The molecule has 1 atom stereocenters. The standard InChI is InChI=1S/C17H20N2O4S2/c18-25(21,22)13-5-3-12(4-6-13)9-10-19-17(20)16-8-7-15(24-16)14-2-1-11-23-14/h3-8,14H,1-2,9-11H2,(H,19,20)(H2,18,21,22). The normalized spacial score (nSPS) is 17.6. The number of nitrogens with one attached hydrogen (secondary N) is 1. The SMILES string of the molecule is NS(=O)(=O)c1ccc(CCNC(=O)c2ccc(C3CCCO3)s2)cc1. The first kappa shape index (κ1) is 18.1. The minimum Gasteiger partial charge on any atom is -0.373 e. The molecular formula is C17H20N2O4S2. The number of ether oxygens (including phenoxy) is 1. The van der Waals surface area contributed by atoms with Crippen molar-refractivity contribution in [2.45, 2.75) is 30.3 Å². The molecule has 3 N–H and O–H groups in total. The van der Waals surface area contributed by atoms with E-state index in [9.17, 15) is 13.2 Å². The Morgan fingerprint density at radius 2 is 2.00 bits per heavy atom. The summed E-state index contributed by atoms with van der Waals surface area (Å²) in [5.74, 6) is -0.101. The zero-order chi connectivity index (χ0) is 17.9. The molecule has 1 unspecified atom stereocenters. The van der Waals surface area contributed by atoms with Crippen molar-refractivity contribution in [2.75, 3.05) is 13.2 Å². The minimum atomic E-state index is -3.67. The molecule has 1 aromatic carbocycles. The molecule has 1 amide bonds. The maximum Gasteiger partial charge on any atom is 0.261 e. The fourth-order valence-corrected chi connectivity index (χ4v) is 4.23. The van der Waals surface area contributed by atoms with Gasteiger partial charge < -0.3 is 10.1 Å². The quantitative estimate of drug-likeness (QED) is 0.803. The van der Waals surface area contributed by atoms with Crippen LogP contribution in [-0.4, -0.2) is 27.5 Å². The summed E-state index contributed by atoms with van der Waals surface area (Å²) < 4.78 is 28.1. The molecular weight excluding hydrogens is 360 g/mol. The van der Waals surface area contributed by atoms with E-state index >= 15 is 0 Å². The second-order valence-electron chi connectivity index (χ2n) is 5.90. The average Bonchev–Trinajstić information content (AvgIpc) is 3.25. The Kier molecular flexibility index (Phi) is 5.53. The molecule has 2 heterocycles. The number of sulfonamides is 1. The third kappa shape index (κ3) is 4.66. The summed E-state index contributed by atoms with van der Waals surface area (Å²) in [4.78, 5) is 14.1. The van der Waals surface area contributed by atoms with Crippen LogP contribution in [0, 0.1) is 0 Å². The highest BCUT2D eigenvalue weighted by Gasteiger charge is 2.20. The van der Waals surface area contributed by atoms with Crippen LogP contribution in [0.3, 0.4) is 0 Å². The van der Waals surface area contributed by atoms with Crippen molar-refractivity contribution >= 4 is 27.3 Å². The molecule has 1 aliphatic rings. The Bertz CT molecular complexity index is 838. The van der Waals surface area contributed by atoms with E-state index in [0.29, 0.717) is 17.8 Å². The van der Waals surface area contributed by atoms with E-state index < -0.39 is 10.0 Å². The third-order valence-electron chi connectivity index (χ3n) is 4.05. The predicted octanol–water partition coefficient (Wildman–Crippen LogP) is 2.22. The van der Waals surface area contributed by atoms with Crippen molar-refractivity contribution in [2.24, 2.45) is 5.14 Å². The molecule has 2 aromatic rings. The first-order valence-corrected chi connectivity index (χ1v) is 10.4. The molecule has 0 saturated carbocycles. The Labute approximate surface area is 151 Å². The summed E-state index contributed by atoms with van der Waals surface area (Å²) in [5.41, 5.74) is 0.930. The third-order valence-corrected chi connectivity index (χ3v) is 6.15. The van der Waals surface area contributed by atoms with Crippen molar-refractivity contribution in [1.29, 1.82) is 0 Å². The lowest BCUT2D eigenvalue weighted by Crippen LogP contribution is -2.24. The fourth-order valence-electron chi connectivity index (χ4n) is 2.70. The molecule has 1 fully saturated rings. The smallest absolute Gasteiger partial charge is 0.261 e. The summed E-state index contributed by atoms with van der Waals surface area (Å²) in [6.07, 6.45) is 2.81.